The van der Waals surface area contributed by atoms with Crippen LogP contribution < -0.4 is 4.74 Å². The van der Waals surface area contributed by atoms with E-state index in [0.717, 1.165) is 18.4 Å². The Morgan fingerprint density at radius 1 is 1.12 bits per heavy atom. The lowest BCUT2D eigenvalue weighted by atomic mass is 10.1. The monoisotopic (exact) mass is 369 g/mol. The summed E-state index contributed by atoms with van der Waals surface area (Å²) in [6, 6.07) is 7.75. The molecule has 0 spiro atoms. The highest BCUT2D eigenvalue weighted by atomic mass is 35.5. The van der Waals surface area contributed by atoms with E-state index >= 15 is 0 Å². The van der Waals surface area contributed by atoms with E-state index in [1.807, 2.05) is 24.3 Å². The smallest absolute Gasteiger partial charge is 0.316 e. The summed E-state index contributed by atoms with van der Waals surface area (Å²) in [5, 5.41) is 0.452. The molecule has 1 aliphatic rings. The highest BCUT2D eigenvalue weighted by molar-refractivity contribution is 6.30. The second-order valence-corrected chi connectivity index (χ2v) is 6.50. The Kier molecular flexibility index (Phi) is 4.62. The zero-order chi connectivity index (χ0) is 17.9. The van der Waals surface area contributed by atoms with Crippen LogP contribution in [0.5, 0.6) is 6.01 Å². The molecule has 4 rings (SSSR count). The number of hydrogen-bond acceptors (Lipinski definition) is 6. The number of nitrogens with zero attached hydrogens (tertiary/aromatic N) is 5. The number of halogens is 1. The summed E-state index contributed by atoms with van der Waals surface area (Å²) in [5.41, 5.74) is 1.81. The highest BCUT2D eigenvalue weighted by Crippen LogP contribution is 2.18. The van der Waals surface area contributed by atoms with Gasteiger partial charge in [-0.1, -0.05) is 23.7 Å². The summed E-state index contributed by atoms with van der Waals surface area (Å²) in [6.07, 6.45) is 6.00. The molecule has 8 heteroatoms. The number of fused-ring (bicyclic) bond motifs is 1. The van der Waals surface area contributed by atoms with Gasteiger partial charge >= 0.3 is 6.01 Å². The first-order chi connectivity index (χ1) is 12.7. The van der Waals surface area contributed by atoms with Crippen molar-refractivity contribution in [3.63, 3.8) is 0 Å². The van der Waals surface area contributed by atoms with Crippen LogP contribution >= 0.6 is 11.6 Å². The van der Waals surface area contributed by atoms with Crippen LogP contribution in [0.2, 0.25) is 5.02 Å². The number of carbonyl (C=O) groups is 1. The van der Waals surface area contributed by atoms with E-state index in [2.05, 4.69) is 19.9 Å². The van der Waals surface area contributed by atoms with Gasteiger partial charge in [0.05, 0.1) is 41.2 Å². The first-order valence-electron chi connectivity index (χ1n) is 8.34. The molecule has 2 aromatic heterocycles. The van der Waals surface area contributed by atoms with Crippen molar-refractivity contribution in [1.29, 1.82) is 0 Å². The molecule has 1 amide bonds. The van der Waals surface area contributed by atoms with E-state index in [-0.39, 0.29) is 18.0 Å². The molecule has 0 N–H and O–H groups in total. The van der Waals surface area contributed by atoms with Crippen molar-refractivity contribution in [2.45, 2.75) is 18.9 Å². The summed E-state index contributed by atoms with van der Waals surface area (Å²) in [5.74, 6) is -0.145. The van der Waals surface area contributed by atoms with E-state index in [4.69, 9.17) is 16.3 Å². The number of likely N-dealkylation sites (tertiary alicyclic amines) is 1. The largest absolute Gasteiger partial charge is 0.458 e. The molecule has 0 radical (unpaired) electrons. The molecule has 1 atom stereocenters. The van der Waals surface area contributed by atoms with Crippen molar-refractivity contribution in [1.82, 2.24) is 24.8 Å². The van der Waals surface area contributed by atoms with Crippen LogP contribution in [-0.4, -0.2) is 49.9 Å². The summed E-state index contributed by atoms with van der Waals surface area (Å²) in [4.78, 5) is 31.4. The van der Waals surface area contributed by atoms with E-state index in [1.54, 1.807) is 4.90 Å². The molecule has 0 saturated carbocycles. The predicted molar refractivity (Wildman–Crippen MR) is 96.1 cm³/mol. The van der Waals surface area contributed by atoms with Gasteiger partial charge in [0.1, 0.15) is 11.8 Å². The van der Waals surface area contributed by atoms with Crippen molar-refractivity contribution in [3.05, 3.63) is 53.6 Å². The Morgan fingerprint density at radius 2 is 1.88 bits per heavy atom. The summed E-state index contributed by atoms with van der Waals surface area (Å²) in [7, 11) is 0. The molecule has 1 aliphatic heterocycles. The molecule has 7 nitrogen and oxygen atoms in total. The quantitative estimate of drug-likeness (QED) is 0.706. The van der Waals surface area contributed by atoms with E-state index in [1.165, 1.54) is 18.6 Å². The molecule has 1 aromatic carbocycles. The van der Waals surface area contributed by atoms with Gasteiger partial charge in [-0.05, 0) is 25.0 Å². The Bertz CT molecular complexity index is 934. The minimum atomic E-state index is -0.165. The van der Waals surface area contributed by atoms with E-state index in [9.17, 15) is 4.79 Å². The SMILES string of the molecule is O=C(c1cnc2ccccc2n1)N1CCC[C@H](Oc2ncc(Cl)cn2)C1. The molecular formula is C18H16ClN5O2. The number of carbonyl (C=O) groups excluding carboxylic acids is 1. The topological polar surface area (TPSA) is 81.1 Å². The maximum absolute atomic E-state index is 12.8. The Morgan fingerprint density at radius 3 is 2.69 bits per heavy atom. The van der Waals surface area contributed by atoms with Gasteiger partial charge in [0, 0.05) is 6.54 Å². The number of piperidine rings is 1. The molecule has 1 fully saturated rings. The molecule has 0 unspecified atom stereocenters. The minimum absolute atomic E-state index is 0.145. The summed E-state index contributed by atoms with van der Waals surface area (Å²) < 4.78 is 5.79. The van der Waals surface area contributed by atoms with Gasteiger partial charge in [0.2, 0.25) is 0 Å². The summed E-state index contributed by atoms with van der Waals surface area (Å²) in [6.45, 7) is 1.12. The van der Waals surface area contributed by atoms with Crippen LogP contribution in [0, 0.1) is 0 Å². The maximum atomic E-state index is 12.8. The third-order valence-electron chi connectivity index (χ3n) is 4.20. The van der Waals surface area contributed by atoms with Crippen LogP contribution in [0.4, 0.5) is 0 Å². The van der Waals surface area contributed by atoms with Gasteiger partial charge in [0.15, 0.2) is 0 Å². The van der Waals surface area contributed by atoms with Crippen molar-refractivity contribution in [2.24, 2.45) is 0 Å². The number of benzene rings is 1. The van der Waals surface area contributed by atoms with Crippen molar-refractivity contribution >= 4 is 28.5 Å². The minimum Gasteiger partial charge on any atom is -0.458 e. The van der Waals surface area contributed by atoms with Crippen molar-refractivity contribution < 1.29 is 9.53 Å². The van der Waals surface area contributed by atoms with E-state index in [0.29, 0.717) is 29.3 Å². The lowest BCUT2D eigenvalue weighted by molar-refractivity contribution is 0.0511. The number of amides is 1. The van der Waals surface area contributed by atoms with Gasteiger partial charge in [-0.2, -0.15) is 0 Å². The third-order valence-corrected chi connectivity index (χ3v) is 4.40. The van der Waals surface area contributed by atoms with Gasteiger partial charge in [-0.3, -0.25) is 9.78 Å². The molecule has 26 heavy (non-hydrogen) atoms. The fraction of sp³-hybridized carbons (Fsp3) is 0.278. The third kappa shape index (κ3) is 3.57. The second-order valence-electron chi connectivity index (χ2n) is 6.06. The predicted octanol–water partition coefficient (Wildman–Crippen LogP) is 2.76. The fourth-order valence-corrected chi connectivity index (χ4v) is 3.05. The average molecular weight is 370 g/mol. The number of para-hydroxylation sites is 2. The van der Waals surface area contributed by atoms with Gasteiger partial charge in [-0.25, -0.2) is 15.0 Å². The number of rotatable bonds is 3. The molecule has 0 aliphatic carbocycles. The summed E-state index contributed by atoms with van der Waals surface area (Å²) >= 11 is 5.78. The van der Waals surface area contributed by atoms with Gasteiger partial charge in [0.25, 0.3) is 5.91 Å². The lowest BCUT2D eigenvalue weighted by Crippen LogP contribution is -2.44. The number of aromatic nitrogens is 4. The Labute approximate surface area is 155 Å². The normalized spacial score (nSPS) is 17.3. The molecule has 0 bridgehead atoms. The zero-order valence-corrected chi connectivity index (χ0v) is 14.6. The molecule has 1 saturated heterocycles. The van der Waals surface area contributed by atoms with E-state index < -0.39 is 0 Å². The Hall–Kier alpha value is -2.80. The maximum Gasteiger partial charge on any atom is 0.316 e. The first-order valence-corrected chi connectivity index (χ1v) is 8.72. The molecule has 3 aromatic rings. The van der Waals surface area contributed by atoms with Gasteiger partial charge < -0.3 is 9.64 Å². The first kappa shape index (κ1) is 16.7. The molecular weight excluding hydrogens is 354 g/mol. The number of hydrogen-bond donors (Lipinski definition) is 0. The molecule has 132 valence electrons. The van der Waals surface area contributed by atoms with Crippen LogP contribution in [0.3, 0.4) is 0 Å². The Balaban J connectivity index is 1.47. The van der Waals surface area contributed by atoms with Crippen molar-refractivity contribution in [3.8, 4) is 6.01 Å². The second kappa shape index (κ2) is 7.21. The van der Waals surface area contributed by atoms with Crippen LogP contribution in [-0.2, 0) is 0 Å². The van der Waals surface area contributed by atoms with Gasteiger partial charge in [-0.15, -0.1) is 0 Å². The zero-order valence-electron chi connectivity index (χ0n) is 13.9. The number of ether oxygens (including phenoxy) is 1. The van der Waals surface area contributed by atoms with Crippen LogP contribution in [0.15, 0.2) is 42.9 Å². The molecule has 3 heterocycles. The lowest BCUT2D eigenvalue weighted by Gasteiger charge is -2.32. The highest BCUT2D eigenvalue weighted by Gasteiger charge is 2.27. The standard InChI is InChI=1S/C18H16ClN5O2/c19-12-8-21-18(22-9-12)26-13-4-3-7-24(11-13)17(25)16-10-20-14-5-1-2-6-15(14)23-16/h1-2,5-6,8-10,13H,3-4,7,11H2/t13-/m0/s1. The van der Waals surface area contributed by atoms with Crippen molar-refractivity contribution in [2.75, 3.05) is 13.1 Å². The average Bonchev–Trinajstić information content (AvgIpc) is 2.69. The fourth-order valence-electron chi connectivity index (χ4n) is 2.95. The van der Waals surface area contributed by atoms with Crippen LogP contribution in [0.25, 0.3) is 11.0 Å². The van der Waals surface area contributed by atoms with Crippen LogP contribution in [0.1, 0.15) is 23.3 Å².